The lowest BCUT2D eigenvalue weighted by molar-refractivity contribution is 0.340. The van der Waals surface area contributed by atoms with Gasteiger partial charge >= 0.3 is 0 Å². The van der Waals surface area contributed by atoms with Gasteiger partial charge < -0.3 is 4.90 Å². The Balaban J connectivity index is 1.44. The molecule has 0 unspecified atom stereocenters. The molecule has 1 aliphatic rings. The van der Waals surface area contributed by atoms with Gasteiger partial charge in [0.2, 0.25) is 0 Å². The highest BCUT2D eigenvalue weighted by molar-refractivity contribution is 9.10. The molecule has 3 heterocycles. The van der Waals surface area contributed by atoms with Gasteiger partial charge in [-0.25, -0.2) is 4.98 Å². The standard InChI is InChI=1S/C15H14BrN5/c16-12-5-18-21(10-12)9-11-7-20(8-11)15-6-17-13-3-1-2-4-14(13)19-15/h1-6,10-11H,7-9H2. The van der Waals surface area contributed by atoms with Crippen molar-refractivity contribution in [1.29, 1.82) is 0 Å². The van der Waals surface area contributed by atoms with Crippen molar-refractivity contribution >= 4 is 32.8 Å². The summed E-state index contributed by atoms with van der Waals surface area (Å²) in [5.41, 5.74) is 1.90. The van der Waals surface area contributed by atoms with Crippen LogP contribution in [0.1, 0.15) is 0 Å². The van der Waals surface area contributed by atoms with Crippen LogP contribution in [0.3, 0.4) is 0 Å². The first kappa shape index (κ1) is 12.8. The molecular weight excluding hydrogens is 330 g/mol. The summed E-state index contributed by atoms with van der Waals surface area (Å²) in [4.78, 5) is 11.4. The maximum atomic E-state index is 4.68. The van der Waals surface area contributed by atoms with E-state index in [1.165, 1.54) is 0 Å². The number of hydrogen-bond acceptors (Lipinski definition) is 4. The molecule has 0 bridgehead atoms. The molecule has 106 valence electrons. The van der Waals surface area contributed by atoms with Crippen molar-refractivity contribution in [1.82, 2.24) is 19.7 Å². The molecule has 0 spiro atoms. The van der Waals surface area contributed by atoms with Crippen LogP contribution in [-0.4, -0.2) is 32.8 Å². The molecule has 1 aliphatic heterocycles. The topological polar surface area (TPSA) is 46.8 Å². The lowest BCUT2D eigenvalue weighted by Crippen LogP contribution is -2.49. The zero-order valence-electron chi connectivity index (χ0n) is 11.4. The zero-order chi connectivity index (χ0) is 14.2. The fourth-order valence-corrected chi connectivity index (χ4v) is 3.00. The van der Waals surface area contributed by atoms with Crippen molar-refractivity contribution in [3.63, 3.8) is 0 Å². The van der Waals surface area contributed by atoms with Crippen LogP contribution in [0.25, 0.3) is 11.0 Å². The molecule has 4 rings (SSSR count). The lowest BCUT2D eigenvalue weighted by atomic mass is 10.0. The molecule has 6 heteroatoms. The van der Waals surface area contributed by atoms with Crippen molar-refractivity contribution < 1.29 is 0 Å². The Morgan fingerprint density at radius 3 is 2.71 bits per heavy atom. The minimum Gasteiger partial charge on any atom is -0.354 e. The fourth-order valence-electron chi connectivity index (χ4n) is 2.67. The Morgan fingerprint density at radius 1 is 1.14 bits per heavy atom. The molecule has 1 saturated heterocycles. The number of aromatic nitrogens is 4. The second kappa shape index (κ2) is 5.11. The van der Waals surface area contributed by atoms with Crippen molar-refractivity contribution in [3.8, 4) is 0 Å². The Morgan fingerprint density at radius 2 is 1.95 bits per heavy atom. The van der Waals surface area contributed by atoms with Gasteiger partial charge in [-0.1, -0.05) is 12.1 Å². The highest BCUT2D eigenvalue weighted by atomic mass is 79.9. The summed E-state index contributed by atoms with van der Waals surface area (Å²) in [5, 5.41) is 4.30. The van der Waals surface area contributed by atoms with Gasteiger partial charge in [-0.3, -0.25) is 9.67 Å². The van der Waals surface area contributed by atoms with Crippen LogP contribution in [0.5, 0.6) is 0 Å². The lowest BCUT2D eigenvalue weighted by Gasteiger charge is -2.39. The number of fused-ring (bicyclic) bond motifs is 1. The largest absolute Gasteiger partial charge is 0.354 e. The van der Waals surface area contributed by atoms with Crippen LogP contribution in [0, 0.1) is 5.92 Å². The first-order valence-corrected chi connectivity index (χ1v) is 7.72. The van der Waals surface area contributed by atoms with Crippen LogP contribution in [0.15, 0.2) is 47.3 Å². The van der Waals surface area contributed by atoms with Gasteiger partial charge in [0.25, 0.3) is 0 Å². The Kier molecular flexibility index (Phi) is 3.11. The van der Waals surface area contributed by atoms with E-state index in [2.05, 4.69) is 35.9 Å². The Bertz CT molecular complexity index is 778. The summed E-state index contributed by atoms with van der Waals surface area (Å²) in [5.74, 6) is 1.58. The molecule has 0 radical (unpaired) electrons. The number of rotatable bonds is 3. The summed E-state index contributed by atoms with van der Waals surface area (Å²) >= 11 is 3.42. The summed E-state index contributed by atoms with van der Waals surface area (Å²) in [6, 6.07) is 7.97. The molecule has 0 N–H and O–H groups in total. The van der Waals surface area contributed by atoms with Gasteiger partial charge in [0.05, 0.1) is 27.9 Å². The number of nitrogens with zero attached hydrogens (tertiary/aromatic N) is 5. The fraction of sp³-hybridized carbons (Fsp3) is 0.267. The quantitative estimate of drug-likeness (QED) is 0.733. The van der Waals surface area contributed by atoms with Gasteiger partial charge in [0, 0.05) is 31.7 Å². The third-order valence-electron chi connectivity index (χ3n) is 3.76. The van der Waals surface area contributed by atoms with Crippen LogP contribution in [0.2, 0.25) is 0 Å². The molecule has 2 aromatic heterocycles. The summed E-state index contributed by atoms with van der Waals surface area (Å²) in [7, 11) is 0. The molecule has 0 atom stereocenters. The third-order valence-corrected chi connectivity index (χ3v) is 4.17. The normalized spacial score (nSPS) is 15.4. The van der Waals surface area contributed by atoms with Crippen molar-refractivity contribution in [2.75, 3.05) is 18.0 Å². The predicted molar refractivity (Wildman–Crippen MR) is 85.2 cm³/mol. The van der Waals surface area contributed by atoms with Gasteiger partial charge in [0.15, 0.2) is 0 Å². The zero-order valence-corrected chi connectivity index (χ0v) is 12.9. The molecule has 0 amide bonds. The average Bonchev–Trinajstić information content (AvgIpc) is 2.87. The minimum absolute atomic E-state index is 0.616. The van der Waals surface area contributed by atoms with E-state index in [9.17, 15) is 0 Å². The first-order chi connectivity index (χ1) is 10.3. The molecule has 1 aromatic carbocycles. The predicted octanol–water partition coefficient (Wildman–Crippen LogP) is 2.73. The summed E-state index contributed by atoms with van der Waals surface area (Å²) in [6.45, 7) is 2.96. The summed E-state index contributed by atoms with van der Waals surface area (Å²) in [6.07, 6.45) is 5.70. The van der Waals surface area contributed by atoms with Crippen molar-refractivity contribution in [2.24, 2.45) is 5.92 Å². The number of para-hydroxylation sites is 2. The highest BCUT2D eigenvalue weighted by Gasteiger charge is 2.28. The van der Waals surface area contributed by atoms with Crippen LogP contribution in [-0.2, 0) is 6.54 Å². The monoisotopic (exact) mass is 343 g/mol. The molecule has 0 aliphatic carbocycles. The number of halogens is 1. The van der Waals surface area contributed by atoms with Gasteiger partial charge in [0.1, 0.15) is 5.82 Å². The van der Waals surface area contributed by atoms with E-state index in [1.807, 2.05) is 47.5 Å². The smallest absolute Gasteiger partial charge is 0.147 e. The number of benzene rings is 1. The third kappa shape index (κ3) is 2.51. The number of hydrogen-bond donors (Lipinski definition) is 0. The van der Waals surface area contributed by atoms with E-state index in [0.29, 0.717) is 5.92 Å². The van der Waals surface area contributed by atoms with E-state index < -0.39 is 0 Å². The van der Waals surface area contributed by atoms with Crippen molar-refractivity contribution in [3.05, 3.63) is 47.3 Å². The molecule has 1 fully saturated rings. The Hall–Kier alpha value is -1.95. The number of anilines is 1. The highest BCUT2D eigenvalue weighted by Crippen LogP contribution is 2.25. The van der Waals surface area contributed by atoms with Crippen molar-refractivity contribution in [2.45, 2.75) is 6.54 Å². The molecule has 3 aromatic rings. The van der Waals surface area contributed by atoms with E-state index in [-0.39, 0.29) is 0 Å². The van der Waals surface area contributed by atoms with E-state index >= 15 is 0 Å². The van der Waals surface area contributed by atoms with Gasteiger partial charge in [-0.2, -0.15) is 5.10 Å². The van der Waals surface area contributed by atoms with Crippen LogP contribution < -0.4 is 4.90 Å². The van der Waals surface area contributed by atoms with Gasteiger partial charge in [-0.05, 0) is 28.1 Å². The van der Waals surface area contributed by atoms with E-state index in [4.69, 9.17) is 0 Å². The molecule has 5 nitrogen and oxygen atoms in total. The molecule has 0 saturated carbocycles. The minimum atomic E-state index is 0.616. The second-order valence-corrected chi connectivity index (χ2v) is 6.28. The Labute approximate surface area is 130 Å². The second-order valence-electron chi connectivity index (χ2n) is 5.37. The van der Waals surface area contributed by atoms with E-state index in [1.54, 1.807) is 0 Å². The first-order valence-electron chi connectivity index (χ1n) is 6.92. The van der Waals surface area contributed by atoms with Crippen LogP contribution in [0.4, 0.5) is 5.82 Å². The molecule has 21 heavy (non-hydrogen) atoms. The summed E-state index contributed by atoms with van der Waals surface area (Å²) < 4.78 is 3.01. The average molecular weight is 344 g/mol. The SMILES string of the molecule is Brc1cnn(CC2CN(c3cnc4ccccc4n3)C2)c1. The van der Waals surface area contributed by atoms with E-state index in [0.717, 1.165) is 41.0 Å². The molecular formula is C15H14BrN5. The van der Waals surface area contributed by atoms with Gasteiger partial charge in [-0.15, -0.1) is 0 Å². The maximum Gasteiger partial charge on any atom is 0.147 e. The maximum absolute atomic E-state index is 4.68. The van der Waals surface area contributed by atoms with Crippen LogP contribution >= 0.6 is 15.9 Å².